The van der Waals surface area contributed by atoms with Crippen LogP contribution in [0.4, 0.5) is 5.69 Å². The second-order valence-electron chi connectivity index (χ2n) is 6.64. The third-order valence-corrected chi connectivity index (χ3v) is 6.40. The van der Waals surface area contributed by atoms with E-state index in [1.165, 1.54) is 40.7 Å². The zero-order valence-corrected chi connectivity index (χ0v) is 17.7. The number of sulfonamides is 1. The predicted molar refractivity (Wildman–Crippen MR) is 113 cm³/mol. The number of rotatable bonds is 10. The minimum Gasteiger partial charge on any atom is -0.478 e. The molecular weight excluding hydrogens is 422 g/mol. The van der Waals surface area contributed by atoms with Crippen LogP contribution in [-0.4, -0.2) is 54.5 Å². The van der Waals surface area contributed by atoms with Crippen LogP contribution in [0, 0.1) is 11.3 Å². The number of unbranched alkanes of at least 4 members (excludes halogenated alkanes) is 1. The molecule has 0 aliphatic heterocycles. The molecule has 2 aromatic rings. The number of carboxylic acid groups (broad SMARTS) is 1. The van der Waals surface area contributed by atoms with Gasteiger partial charge in [0.25, 0.3) is 5.91 Å². The number of hydrogen-bond donors (Lipinski definition) is 3. The fraction of sp³-hybridized carbons (Fsp3) is 0.286. The van der Waals surface area contributed by atoms with Gasteiger partial charge in [0, 0.05) is 18.7 Å². The maximum atomic E-state index is 12.8. The largest absolute Gasteiger partial charge is 0.478 e. The number of nitriles is 1. The molecule has 0 unspecified atom stereocenters. The average Bonchev–Trinajstić information content (AvgIpc) is 2.76. The number of aromatic carboxylic acids is 1. The van der Waals surface area contributed by atoms with Crippen molar-refractivity contribution in [3.63, 3.8) is 0 Å². The number of amides is 1. The lowest BCUT2D eigenvalue weighted by atomic mass is 10.1. The van der Waals surface area contributed by atoms with Crippen LogP contribution in [0.25, 0.3) is 0 Å². The van der Waals surface area contributed by atoms with Crippen LogP contribution >= 0.6 is 0 Å². The summed E-state index contributed by atoms with van der Waals surface area (Å²) in [6.07, 6.45) is 1.44. The number of nitrogens with zero attached hydrogens (tertiary/aromatic N) is 2. The van der Waals surface area contributed by atoms with Crippen LogP contribution in [0.15, 0.2) is 47.4 Å². The molecule has 31 heavy (non-hydrogen) atoms. The standard InChI is InChI=1S/C21H23N3O6S/c1-2-3-10-24(11-12-25)31(29,30)17-7-5-16(6-8-17)20(26)23-19-9-4-15(14-22)13-18(19)21(27)28/h4-9,13,25H,2-3,10-12H2,1H3,(H,23,26)(H,27,28). The van der Waals surface area contributed by atoms with Crippen LogP contribution in [0.3, 0.4) is 0 Å². The Hall–Kier alpha value is -3.26. The molecule has 2 aromatic carbocycles. The first-order chi connectivity index (χ1) is 14.7. The minimum absolute atomic E-state index is 0.0156. The minimum atomic E-state index is -3.83. The first kappa shape index (κ1) is 24.0. The van der Waals surface area contributed by atoms with Crippen molar-refractivity contribution in [2.75, 3.05) is 25.0 Å². The second kappa shape index (κ2) is 10.7. The highest BCUT2D eigenvalue weighted by atomic mass is 32.2. The van der Waals surface area contributed by atoms with Gasteiger partial charge in [-0.25, -0.2) is 13.2 Å². The Kier molecular flexibility index (Phi) is 8.27. The van der Waals surface area contributed by atoms with Crippen LogP contribution < -0.4 is 5.32 Å². The van der Waals surface area contributed by atoms with Gasteiger partial charge in [-0.05, 0) is 48.9 Å². The summed E-state index contributed by atoms with van der Waals surface area (Å²) in [6, 6.07) is 10.9. The van der Waals surface area contributed by atoms with Gasteiger partial charge in [0.2, 0.25) is 10.0 Å². The van der Waals surface area contributed by atoms with Gasteiger partial charge < -0.3 is 15.5 Å². The van der Waals surface area contributed by atoms with E-state index in [-0.39, 0.29) is 47.0 Å². The van der Waals surface area contributed by atoms with Gasteiger partial charge in [0.05, 0.1) is 34.4 Å². The van der Waals surface area contributed by atoms with Crippen molar-refractivity contribution in [1.29, 1.82) is 5.26 Å². The number of carboxylic acids is 1. The first-order valence-electron chi connectivity index (χ1n) is 9.54. The SMILES string of the molecule is CCCCN(CCO)S(=O)(=O)c1ccc(C(=O)Nc2ccc(C#N)cc2C(=O)O)cc1. The Morgan fingerprint density at radius 2 is 1.81 bits per heavy atom. The number of aliphatic hydroxyl groups excluding tert-OH is 1. The summed E-state index contributed by atoms with van der Waals surface area (Å²) in [5, 5.41) is 29.9. The van der Waals surface area contributed by atoms with E-state index in [0.29, 0.717) is 6.42 Å². The van der Waals surface area contributed by atoms with E-state index in [4.69, 9.17) is 5.26 Å². The predicted octanol–water partition coefficient (Wildman–Crippen LogP) is 2.29. The summed E-state index contributed by atoms with van der Waals surface area (Å²) >= 11 is 0. The molecule has 9 nitrogen and oxygen atoms in total. The monoisotopic (exact) mass is 445 g/mol. The van der Waals surface area contributed by atoms with Gasteiger partial charge >= 0.3 is 5.97 Å². The molecule has 0 aliphatic carbocycles. The van der Waals surface area contributed by atoms with Crippen molar-refractivity contribution in [2.24, 2.45) is 0 Å². The molecule has 1 amide bonds. The summed E-state index contributed by atoms with van der Waals surface area (Å²) in [7, 11) is -3.83. The molecular formula is C21H23N3O6S. The third-order valence-electron chi connectivity index (χ3n) is 4.49. The summed E-state index contributed by atoms with van der Waals surface area (Å²) in [6.45, 7) is 1.88. The summed E-state index contributed by atoms with van der Waals surface area (Å²) < 4.78 is 26.8. The van der Waals surface area contributed by atoms with Gasteiger partial charge in [0.15, 0.2) is 0 Å². The highest BCUT2D eigenvalue weighted by molar-refractivity contribution is 7.89. The molecule has 0 saturated carbocycles. The van der Waals surface area contributed by atoms with Gasteiger partial charge in [-0.3, -0.25) is 4.79 Å². The molecule has 0 aliphatic rings. The molecule has 0 bridgehead atoms. The second-order valence-corrected chi connectivity index (χ2v) is 8.58. The highest BCUT2D eigenvalue weighted by Crippen LogP contribution is 2.20. The van der Waals surface area contributed by atoms with E-state index < -0.39 is 21.9 Å². The summed E-state index contributed by atoms with van der Waals surface area (Å²) in [5.74, 6) is -1.93. The van der Waals surface area contributed by atoms with Crippen molar-refractivity contribution in [3.8, 4) is 6.07 Å². The molecule has 0 radical (unpaired) electrons. The summed E-state index contributed by atoms with van der Waals surface area (Å²) in [5.41, 5.74) is 0.0476. The smallest absolute Gasteiger partial charge is 0.337 e. The van der Waals surface area contributed by atoms with Crippen molar-refractivity contribution in [2.45, 2.75) is 24.7 Å². The molecule has 0 fully saturated rings. The zero-order valence-electron chi connectivity index (χ0n) is 16.9. The molecule has 0 spiro atoms. The van der Waals surface area contributed by atoms with Gasteiger partial charge in [-0.15, -0.1) is 0 Å². The van der Waals surface area contributed by atoms with E-state index in [9.17, 15) is 28.2 Å². The fourth-order valence-electron chi connectivity index (χ4n) is 2.82. The molecule has 2 rings (SSSR count). The first-order valence-corrected chi connectivity index (χ1v) is 11.0. The Morgan fingerprint density at radius 1 is 1.13 bits per heavy atom. The fourth-order valence-corrected chi connectivity index (χ4v) is 4.29. The van der Waals surface area contributed by atoms with E-state index in [0.717, 1.165) is 12.5 Å². The topological polar surface area (TPSA) is 148 Å². The third kappa shape index (κ3) is 5.88. The van der Waals surface area contributed by atoms with Crippen molar-refractivity contribution < 1.29 is 28.2 Å². The number of anilines is 1. The quantitative estimate of drug-likeness (QED) is 0.508. The maximum absolute atomic E-state index is 12.8. The van der Waals surface area contributed by atoms with Crippen LogP contribution in [0.2, 0.25) is 0 Å². The Bertz CT molecular complexity index is 1090. The Morgan fingerprint density at radius 3 is 2.35 bits per heavy atom. The van der Waals surface area contributed by atoms with Crippen LogP contribution in [0.5, 0.6) is 0 Å². The van der Waals surface area contributed by atoms with Gasteiger partial charge in [0.1, 0.15) is 0 Å². The van der Waals surface area contributed by atoms with E-state index in [1.807, 2.05) is 13.0 Å². The van der Waals surface area contributed by atoms with Crippen molar-refractivity contribution in [3.05, 3.63) is 59.2 Å². The molecule has 3 N–H and O–H groups in total. The van der Waals surface area contributed by atoms with E-state index >= 15 is 0 Å². The number of nitrogens with one attached hydrogen (secondary N) is 1. The zero-order chi connectivity index (χ0) is 23.0. The van der Waals surface area contributed by atoms with E-state index in [2.05, 4.69) is 5.32 Å². The van der Waals surface area contributed by atoms with Crippen LogP contribution in [-0.2, 0) is 10.0 Å². The molecule has 0 atom stereocenters. The number of aliphatic hydroxyl groups is 1. The lowest BCUT2D eigenvalue weighted by Gasteiger charge is -2.21. The molecule has 0 saturated heterocycles. The lowest BCUT2D eigenvalue weighted by molar-refractivity contribution is 0.0698. The Labute approximate surface area is 180 Å². The number of carbonyl (C=O) groups is 2. The maximum Gasteiger partial charge on any atom is 0.337 e. The van der Waals surface area contributed by atoms with Gasteiger partial charge in [-0.1, -0.05) is 13.3 Å². The molecule has 0 aromatic heterocycles. The molecule has 10 heteroatoms. The van der Waals surface area contributed by atoms with Crippen molar-refractivity contribution in [1.82, 2.24) is 4.31 Å². The normalized spacial score (nSPS) is 11.2. The number of hydrogen-bond acceptors (Lipinski definition) is 6. The number of carbonyl (C=O) groups excluding carboxylic acids is 1. The van der Waals surface area contributed by atoms with Crippen molar-refractivity contribution >= 4 is 27.6 Å². The number of benzene rings is 2. The van der Waals surface area contributed by atoms with Gasteiger partial charge in [-0.2, -0.15) is 9.57 Å². The molecule has 0 heterocycles. The van der Waals surface area contributed by atoms with E-state index in [1.54, 1.807) is 0 Å². The Balaban J connectivity index is 2.24. The lowest BCUT2D eigenvalue weighted by Crippen LogP contribution is -2.34. The highest BCUT2D eigenvalue weighted by Gasteiger charge is 2.24. The summed E-state index contributed by atoms with van der Waals surface area (Å²) in [4.78, 5) is 23.9. The average molecular weight is 445 g/mol. The van der Waals surface area contributed by atoms with Crippen LogP contribution in [0.1, 0.15) is 46.0 Å². The molecule has 164 valence electrons.